The van der Waals surface area contributed by atoms with Gasteiger partial charge in [-0.2, -0.15) is 0 Å². The number of terminal acetylenes is 1. The predicted molar refractivity (Wildman–Crippen MR) is 61.8 cm³/mol. The molecular weight excluding hydrogens is 199 g/mol. The molecule has 0 bridgehead atoms. The highest BCUT2D eigenvalue weighted by molar-refractivity contribution is 7.09. The van der Waals surface area contributed by atoms with Crippen LogP contribution in [0.1, 0.15) is 19.8 Å². The minimum Gasteiger partial charge on any atom is -0.400 e. The lowest BCUT2D eigenvalue weighted by atomic mass is 9.98. The summed E-state index contributed by atoms with van der Waals surface area (Å²) < 4.78 is 10.4. The van der Waals surface area contributed by atoms with Crippen LogP contribution in [0.4, 0.5) is 0 Å². The van der Waals surface area contributed by atoms with E-state index >= 15 is 0 Å². The molecule has 0 amide bonds. The molecule has 0 aromatic heterocycles. The molecule has 0 aliphatic carbocycles. The molecule has 0 aromatic rings. The molecule has 14 heavy (non-hydrogen) atoms. The Balaban J connectivity index is 0. The molecule has 1 aliphatic rings. The van der Waals surface area contributed by atoms with Crippen molar-refractivity contribution in [3.8, 4) is 12.8 Å². The number of aliphatic hydroxyl groups is 1. The first-order chi connectivity index (χ1) is 6.83. The molecule has 4 heteroatoms. The number of ether oxygens (including phenoxy) is 1. The fraction of sp³-hybridized carbons (Fsp3) is 0.800. The van der Waals surface area contributed by atoms with Gasteiger partial charge < -0.3 is 14.4 Å². The molecule has 0 saturated carbocycles. The van der Waals surface area contributed by atoms with E-state index in [4.69, 9.17) is 14.4 Å². The van der Waals surface area contributed by atoms with Crippen molar-refractivity contribution in [3.05, 3.63) is 0 Å². The largest absolute Gasteiger partial charge is 0.400 e. The van der Waals surface area contributed by atoms with E-state index < -0.39 is 0 Å². The van der Waals surface area contributed by atoms with Crippen LogP contribution in [0.5, 0.6) is 0 Å². The highest BCUT2D eigenvalue weighted by Gasteiger charge is 2.18. The molecule has 0 radical (unpaired) electrons. The third-order valence-corrected chi connectivity index (χ3v) is 2.10. The average Bonchev–Trinajstić information content (AvgIpc) is 2.24. The zero-order valence-electron chi connectivity index (χ0n) is 8.98. The van der Waals surface area contributed by atoms with Crippen LogP contribution in [0.25, 0.3) is 0 Å². The van der Waals surface area contributed by atoms with Crippen LogP contribution in [-0.4, -0.2) is 31.5 Å². The third-order valence-electron chi connectivity index (χ3n) is 1.91. The molecule has 1 fully saturated rings. The second kappa shape index (κ2) is 12.9. The maximum atomic E-state index is 7.00. The van der Waals surface area contributed by atoms with E-state index in [0.29, 0.717) is 6.10 Å². The van der Waals surface area contributed by atoms with E-state index in [2.05, 4.69) is 29.2 Å². The van der Waals surface area contributed by atoms with Crippen molar-refractivity contribution in [1.29, 1.82) is 0 Å². The van der Waals surface area contributed by atoms with Crippen LogP contribution in [0.2, 0.25) is 0 Å². The lowest BCUT2D eigenvalue weighted by Gasteiger charge is -2.26. The van der Waals surface area contributed by atoms with Gasteiger partial charge in [-0.1, -0.05) is 6.92 Å². The molecule has 1 saturated heterocycles. The number of rotatable bonds is 2. The molecule has 0 spiro atoms. The second-order valence-corrected chi connectivity index (χ2v) is 3.29. The highest BCUT2D eigenvalue weighted by atomic mass is 31.0. The predicted octanol–water partition coefficient (Wildman–Crippen LogP) is 1.47. The average molecular weight is 220 g/mol. The second-order valence-electron chi connectivity index (χ2n) is 2.96. The summed E-state index contributed by atoms with van der Waals surface area (Å²) in [7, 11) is 3.26. The summed E-state index contributed by atoms with van der Waals surface area (Å²) >= 11 is 0. The lowest BCUT2D eigenvalue weighted by molar-refractivity contribution is -0.0256. The minimum absolute atomic E-state index is 0.334. The van der Waals surface area contributed by atoms with Crippen molar-refractivity contribution in [2.45, 2.75) is 25.9 Å². The molecule has 1 heterocycles. The zero-order valence-corrected chi connectivity index (χ0v) is 10.1. The molecule has 3 atom stereocenters. The Bertz CT molecular complexity index is 126. The smallest absolute Gasteiger partial charge is 0.0814 e. The summed E-state index contributed by atoms with van der Waals surface area (Å²) in [5.41, 5.74) is 0. The van der Waals surface area contributed by atoms with Crippen molar-refractivity contribution in [1.82, 2.24) is 0 Å². The molecule has 84 valence electrons. The van der Waals surface area contributed by atoms with Gasteiger partial charge in [0.25, 0.3) is 0 Å². The van der Waals surface area contributed by atoms with Crippen LogP contribution < -0.4 is 0 Å². The Kier molecular flexibility index (Phi) is 15.0. The van der Waals surface area contributed by atoms with Gasteiger partial charge in [0, 0.05) is 23.2 Å². The molecule has 1 unspecified atom stereocenters. The number of aliphatic hydroxyl groups excluding tert-OH is 1. The van der Waals surface area contributed by atoms with Gasteiger partial charge in [0.1, 0.15) is 0 Å². The van der Waals surface area contributed by atoms with E-state index in [0.717, 1.165) is 32.7 Å². The first kappa shape index (κ1) is 16.3. The molecule has 1 N–H and O–H groups in total. The third kappa shape index (κ3) is 8.47. The Hall–Kier alpha value is -0.130. The van der Waals surface area contributed by atoms with E-state index in [1.165, 1.54) is 6.42 Å². The number of hydrogen-bond donors (Lipinski definition) is 1. The Morgan fingerprint density at radius 2 is 2.07 bits per heavy atom. The summed E-state index contributed by atoms with van der Waals surface area (Å²) in [5.74, 6) is 0.805. The van der Waals surface area contributed by atoms with E-state index in [-0.39, 0.29) is 0 Å². The minimum atomic E-state index is 0.334. The lowest BCUT2D eigenvalue weighted by Crippen LogP contribution is -2.27. The molecule has 0 aromatic carbocycles. The van der Waals surface area contributed by atoms with E-state index in [9.17, 15) is 0 Å². The fourth-order valence-electron chi connectivity index (χ4n) is 1.29. The molecule has 1 rings (SSSR count). The van der Waals surface area contributed by atoms with Crippen molar-refractivity contribution in [2.24, 2.45) is 5.92 Å². The molecule has 1 aliphatic heterocycles. The van der Waals surface area contributed by atoms with Crippen LogP contribution in [0, 0.1) is 18.8 Å². The monoisotopic (exact) mass is 220 g/mol. The summed E-state index contributed by atoms with van der Waals surface area (Å²) in [5, 5.41) is 7.00. The van der Waals surface area contributed by atoms with Gasteiger partial charge in [-0.25, -0.2) is 0 Å². The van der Waals surface area contributed by atoms with Crippen molar-refractivity contribution in [3.63, 3.8) is 0 Å². The Labute approximate surface area is 89.5 Å². The van der Waals surface area contributed by atoms with Crippen LogP contribution >= 0.6 is 9.47 Å². The zero-order chi connectivity index (χ0) is 11.4. The first-order valence-corrected chi connectivity index (χ1v) is 5.01. The Morgan fingerprint density at radius 3 is 2.50 bits per heavy atom. The Morgan fingerprint density at radius 1 is 1.50 bits per heavy atom. The van der Waals surface area contributed by atoms with Crippen LogP contribution in [-0.2, 0) is 9.26 Å². The van der Waals surface area contributed by atoms with Gasteiger partial charge in [0.2, 0.25) is 0 Å². The normalized spacial score (nSPS) is 25.0. The topological polar surface area (TPSA) is 38.7 Å². The van der Waals surface area contributed by atoms with Crippen LogP contribution in [0.3, 0.4) is 0 Å². The SMILES string of the molecule is C#C.CO.C[C@@H]1CCO[C@H](COP)C1. The summed E-state index contributed by atoms with van der Waals surface area (Å²) in [4.78, 5) is 0. The standard InChI is InChI=1S/C7H15O2P.C2H2.CH4O/c1-6-2-3-8-7(4-6)5-9-10;2*1-2/h6-7H,2-5,10H2,1H3;1-2H;2H,1H3/t6-,7+;;/m1../s1. The van der Waals surface area contributed by atoms with Gasteiger partial charge >= 0.3 is 0 Å². The first-order valence-electron chi connectivity index (χ1n) is 4.54. The summed E-state index contributed by atoms with van der Waals surface area (Å²) in [6.07, 6.45) is 10.7. The van der Waals surface area contributed by atoms with Crippen LogP contribution in [0.15, 0.2) is 0 Å². The van der Waals surface area contributed by atoms with E-state index in [1.807, 2.05) is 0 Å². The maximum absolute atomic E-state index is 7.00. The van der Waals surface area contributed by atoms with E-state index in [1.54, 1.807) is 0 Å². The fourth-order valence-corrected chi connectivity index (χ4v) is 1.51. The van der Waals surface area contributed by atoms with Crippen molar-refractivity contribution >= 4 is 9.47 Å². The van der Waals surface area contributed by atoms with Gasteiger partial charge in [-0.05, 0) is 18.8 Å². The van der Waals surface area contributed by atoms with Gasteiger partial charge in [0.05, 0.1) is 12.7 Å². The molecular formula is C10H21O3P. The maximum Gasteiger partial charge on any atom is 0.0814 e. The molecule has 3 nitrogen and oxygen atoms in total. The van der Waals surface area contributed by atoms with Gasteiger partial charge in [-0.3, -0.25) is 0 Å². The summed E-state index contributed by atoms with van der Waals surface area (Å²) in [6, 6.07) is 0. The number of hydrogen-bond acceptors (Lipinski definition) is 3. The van der Waals surface area contributed by atoms with Crippen molar-refractivity contribution in [2.75, 3.05) is 20.3 Å². The quantitative estimate of drug-likeness (QED) is 0.565. The highest BCUT2D eigenvalue weighted by Crippen LogP contribution is 2.19. The summed E-state index contributed by atoms with van der Waals surface area (Å²) in [6.45, 7) is 3.88. The van der Waals surface area contributed by atoms with Crippen molar-refractivity contribution < 1.29 is 14.4 Å². The van der Waals surface area contributed by atoms with Gasteiger partial charge in [-0.15, -0.1) is 12.8 Å². The van der Waals surface area contributed by atoms with Gasteiger partial charge in [0.15, 0.2) is 0 Å².